The molecule has 0 unspecified atom stereocenters. The number of aryl methyl sites for hydroxylation is 1. The number of hydrogen-bond donors (Lipinski definition) is 1. The summed E-state index contributed by atoms with van der Waals surface area (Å²) in [6, 6.07) is 5.70. The van der Waals surface area contributed by atoms with Crippen molar-refractivity contribution in [1.82, 2.24) is 0 Å². The molecule has 0 saturated heterocycles. The zero-order valence-corrected chi connectivity index (χ0v) is 12.3. The highest BCUT2D eigenvalue weighted by Crippen LogP contribution is 2.31. The van der Waals surface area contributed by atoms with E-state index in [9.17, 15) is 4.79 Å². The third-order valence-electron chi connectivity index (χ3n) is 2.12. The molecule has 1 N–H and O–H groups in total. The fourth-order valence-electron chi connectivity index (χ4n) is 1.10. The minimum atomic E-state index is -1.20. The van der Waals surface area contributed by atoms with Gasteiger partial charge in [0.05, 0.1) is 0 Å². The van der Waals surface area contributed by atoms with Gasteiger partial charge in [0, 0.05) is 26.1 Å². The van der Waals surface area contributed by atoms with Gasteiger partial charge in [0.25, 0.3) is 0 Å². The van der Waals surface area contributed by atoms with Crippen LogP contribution in [-0.4, -0.2) is 16.7 Å². The molecule has 0 amide bonds. The van der Waals surface area contributed by atoms with Crippen molar-refractivity contribution in [1.29, 1.82) is 0 Å². The second-order valence-electron chi connectivity index (χ2n) is 3.92. The Morgan fingerprint density at radius 1 is 1.50 bits per heavy atom. The maximum atomic E-state index is 10.9. The lowest BCUT2D eigenvalue weighted by atomic mass is 10.1. The lowest BCUT2D eigenvalue weighted by Gasteiger charge is -2.22. The topological polar surface area (TPSA) is 46.5 Å². The van der Waals surface area contributed by atoms with E-state index in [1.54, 1.807) is 15.0 Å². The fourth-order valence-corrected chi connectivity index (χ4v) is 2.27. The number of rotatable bonds is 4. The van der Waals surface area contributed by atoms with E-state index in [4.69, 9.17) is 9.84 Å². The van der Waals surface area contributed by atoms with Crippen LogP contribution < -0.4 is 4.74 Å². The standard InChI is InChI=1S/C11H13IO3S/c1-7-6-8(16-12)4-5-9(7)15-11(2,3)10(13)14/h4-6H,1-3H3,(H,13,14). The van der Waals surface area contributed by atoms with Gasteiger partial charge in [-0.25, -0.2) is 4.79 Å². The molecule has 16 heavy (non-hydrogen) atoms. The molecule has 88 valence electrons. The van der Waals surface area contributed by atoms with Crippen LogP contribution >= 0.6 is 30.1 Å². The number of carbonyl (C=O) groups is 1. The molecule has 0 fully saturated rings. The van der Waals surface area contributed by atoms with Crippen LogP contribution in [0.2, 0.25) is 0 Å². The molecule has 0 radical (unpaired) electrons. The maximum absolute atomic E-state index is 10.9. The Morgan fingerprint density at radius 2 is 2.12 bits per heavy atom. The molecule has 0 heterocycles. The van der Waals surface area contributed by atoms with E-state index in [1.165, 1.54) is 13.8 Å². The van der Waals surface area contributed by atoms with E-state index < -0.39 is 11.6 Å². The second kappa shape index (κ2) is 5.27. The lowest BCUT2D eigenvalue weighted by Crippen LogP contribution is -2.38. The number of carboxylic acids is 1. The van der Waals surface area contributed by atoms with Crippen molar-refractivity contribution in [3.8, 4) is 5.75 Å². The first-order valence-electron chi connectivity index (χ1n) is 4.68. The molecule has 1 aromatic rings. The smallest absolute Gasteiger partial charge is 0.347 e. The zero-order chi connectivity index (χ0) is 12.3. The number of hydrogen-bond acceptors (Lipinski definition) is 3. The molecule has 0 saturated carbocycles. The van der Waals surface area contributed by atoms with Crippen LogP contribution in [0.1, 0.15) is 19.4 Å². The molecule has 1 rings (SSSR count). The van der Waals surface area contributed by atoms with E-state index >= 15 is 0 Å². The van der Waals surface area contributed by atoms with Gasteiger partial charge in [-0.05, 0) is 44.5 Å². The first-order chi connectivity index (χ1) is 7.36. The third kappa shape index (κ3) is 3.28. The Morgan fingerprint density at radius 3 is 2.56 bits per heavy atom. The Hall–Kier alpha value is -0.430. The molecule has 0 aliphatic rings. The predicted molar refractivity (Wildman–Crippen MR) is 73.4 cm³/mol. The maximum Gasteiger partial charge on any atom is 0.347 e. The van der Waals surface area contributed by atoms with Gasteiger partial charge in [0.15, 0.2) is 5.60 Å². The summed E-state index contributed by atoms with van der Waals surface area (Å²) in [5.74, 6) is -0.360. The van der Waals surface area contributed by atoms with Crippen LogP contribution in [0.3, 0.4) is 0 Å². The van der Waals surface area contributed by atoms with Crippen molar-refractivity contribution < 1.29 is 14.6 Å². The van der Waals surface area contributed by atoms with Gasteiger partial charge in [-0.3, -0.25) is 0 Å². The highest BCUT2D eigenvalue weighted by molar-refractivity contribution is 14.2. The minimum Gasteiger partial charge on any atom is -0.478 e. The first kappa shape index (κ1) is 13.6. The van der Waals surface area contributed by atoms with E-state index in [2.05, 4.69) is 21.2 Å². The largest absolute Gasteiger partial charge is 0.478 e. The molecule has 0 atom stereocenters. The van der Waals surface area contributed by atoms with Crippen molar-refractivity contribution >= 4 is 36.1 Å². The zero-order valence-electron chi connectivity index (χ0n) is 9.28. The highest BCUT2D eigenvalue weighted by atomic mass is 127. The van der Waals surface area contributed by atoms with E-state index in [0.717, 1.165) is 10.5 Å². The molecular formula is C11H13IO3S. The minimum absolute atomic E-state index is 0.613. The molecular weight excluding hydrogens is 339 g/mol. The summed E-state index contributed by atoms with van der Waals surface area (Å²) in [5, 5.41) is 8.96. The van der Waals surface area contributed by atoms with Gasteiger partial charge < -0.3 is 9.84 Å². The second-order valence-corrected chi connectivity index (χ2v) is 5.87. The van der Waals surface area contributed by atoms with E-state index in [0.29, 0.717) is 5.75 Å². The van der Waals surface area contributed by atoms with Crippen molar-refractivity contribution in [3.63, 3.8) is 0 Å². The van der Waals surface area contributed by atoms with Gasteiger partial charge in [-0.15, -0.1) is 0 Å². The van der Waals surface area contributed by atoms with Crippen LogP contribution in [0.15, 0.2) is 23.1 Å². The van der Waals surface area contributed by atoms with Crippen molar-refractivity contribution in [2.24, 2.45) is 0 Å². The Labute approximate surface area is 111 Å². The van der Waals surface area contributed by atoms with Crippen LogP contribution in [0.5, 0.6) is 5.75 Å². The van der Waals surface area contributed by atoms with Crippen LogP contribution in [-0.2, 0) is 4.79 Å². The molecule has 0 aromatic heterocycles. The summed E-state index contributed by atoms with van der Waals surface area (Å²) in [6.07, 6.45) is 0. The van der Waals surface area contributed by atoms with E-state index in [-0.39, 0.29) is 0 Å². The van der Waals surface area contributed by atoms with Crippen molar-refractivity contribution in [3.05, 3.63) is 23.8 Å². The quantitative estimate of drug-likeness (QED) is 0.840. The summed E-state index contributed by atoms with van der Waals surface area (Å²) < 4.78 is 5.48. The molecule has 0 bridgehead atoms. The van der Waals surface area contributed by atoms with Crippen LogP contribution in [0.25, 0.3) is 0 Å². The Kier molecular flexibility index (Phi) is 4.49. The van der Waals surface area contributed by atoms with Crippen molar-refractivity contribution in [2.45, 2.75) is 31.3 Å². The molecule has 0 spiro atoms. The third-order valence-corrected chi connectivity index (χ3v) is 4.07. The number of ether oxygens (including phenoxy) is 1. The SMILES string of the molecule is Cc1cc(SI)ccc1OC(C)(C)C(=O)O. The molecule has 0 aliphatic carbocycles. The Balaban J connectivity index is 2.94. The van der Waals surface area contributed by atoms with Gasteiger partial charge in [-0.1, -0.05) is 8.93 Å². The van der Waals surface area contributed by atoms with E-state index in [1.807, 2.05) is 19.1 Å². The predicted octanol–water partition coefficient (Wildman–Crippen LogP) is 3.68. The van der Waals surface area contributed by atoms with Crippen LogP contribution in [0, 0.1) is 6.92 Å². The average Bonchev–Trinajstić information content (AvgIpc) is 2.20. The number of carboxylic acid groups (broad SMARTS) is 1. The summed E-state index contributed by atoms with van der Waals surface area (Å²) >= 11 is 2.20. The van der Waals surface area contributed by atoms with Gasteiger partial charge in [-0.2, -0.15) is 0 Å². The molecule has 0 aliphatic heterocycles. The van der Waals surface area contributed by atoms with Crippen LogP contribution in [0.4, 0.5) is 0 Å². The average molecular weight is 352 g/mol. The summed E-state index contributed by atoms with van der Waals surface area (Å²) in [4.78, 5) is 12.1. The fraction of sp³-hybridized carbons (Fsp3) is 0.364. The number of benzene rings is 1. The lowest BCUT2D eigenvalue weighted by molar-refractivity contribution is -0.152. The van der Waals surface area contributed by atoms with Gasteiger partial charge in [0.1, 0.15) is 5.75 Å². The molecule has 5 heteroatoms. The van der Waals surface area contributed by atoms with Gasteiger partial charge in [0.2, 0.25) is 0 Å². The number of aliphatic carboxylic acids is 1. The number of halogens is 1. The normalized spacial score (nSPS) is 11.2. The summed E-state index contributed by atoms with van der Waals surface area (Å²) in [5.41, 5.74) is -0.264. The van der Waals surface area contributed by atoms with Crippen molar-refractivity contribution in [2.75, 3.05) is 0 Å². The highest BCUT2D eigenvalue weighted by Gasteiger charge is 2.29. The Bertz CT molecular complexity index is 404. The summed E-state index contributed by atoms with van der Waals surface area (Å²) in [7, 11) is 1.61. The first-order valence-corrected chi connectivity index (χ1v) is 8.04. The molecule has 3 nitrogen and oxygen atoms in total. The monoisotopic (exact) mass is 352 g/mol. The molecule has 1 aromatic carbocycles. The summed E-state index contributed by atoms with van der Waals surface area (Å²) in [6.45, 7) is 4.98. The van der Waals surface area contributed by atoms with Gasteiger partial charge >= 0.3 is 5.97 Å².